The maximum atomic E-state index is 12.6. The van der Waals surface area contributed by atoms with Gasteiger partial charge in [0.15, 0.2) is 11.6 Å². The summed E-state index contributed by atoms with van der Waals surface area (Å²) in [5.41, 5.74) is 5.00. The average molecular weight is 223 g/mol. The van der Waals surface area contributed by atoms with Gasteiger partial charge in [0.25, 0.3) is 0 Å². The van der Waals surface area contributed by atoms with Crippen molar-refractivity contribution in [1.82, 2.24) is 0 Å². The van der Waals surface area contributed by atoms with E-state index in [9.17, 15) is 13.3 Å². The Morgan fingerprint density at radius 3 is 2.29 bits per heavy atom. The van der Waals surface area contributed by atoms with Crippen molar-refractivity contribution in [3.8, 4) is 0 Å². The van der Waals surface area contributed by atoms with Crippen molar-refractivity contribution >= 4 is 7.60 Å². The number of nitrogens with two attached hydrogens (primary N) is 1. The molecule has 7 heteroatoms. The first-order chi connectivity index (χ1) is 6.32. The van der Waals surface area contributed by atoms with Gasteiger partial charge in [-0.2, -0.15) is 0 Å². The van der Waals surface area contributed by atoms with Crippen molar-refractivity contribution in [2.45, 2.75) is 5.78 Å². The summed E-state index contributed by atoms with van der Waals surface area (Å²) >= 11 is 0. The molecule has 0 bridgehead atoms. The minimum absolute atomic E-state index is 0.141. The summed E-state index contributed by atoms with van der Waals surface area (Å²) in [5, 5.41) is 0. The molecule has 14 heavy (non-hydrogen) atoms. The fourth-order valence-electron chi connectivity index (χ4n) is 0.891. The second kappa shape index (κ2) is 3.74. The Morgan fingerprint density at radius 2 is 1.86 bits per heavy atom. The smallest absolute Gasteiger partial charge is 0.323 e. The molecule has 0 saturated heterocycles. The molecule has 1 aromatic rings. The zero-order valence-electron chi connectivity index (χ0n) is 6.89. The Balaban J connectivity index is 3.09. The first-order valence-electron chi connectivity index (χ1n) is 3.58. The molecular weight excluding hydrogens is 215 g/mol. The fraction of sp³-hybridized carbons (Fsp3) is 0.143. The van der Waals surface area contributed by atoms with Gasteiger partial charge in [-0.05, 0) is 17.7 Å². The summed E-state index contributed by atoms with van der Waals surface area (Å²) < 4.78 is 35.8. The molecule has 0 amide bonds. The highest BCUT2D eigenvalue weighted by molar-refractivity contribution is 7.52. The third kappa shape index (κ3) is 2.36. The van der Waals surface area contributed by atoms with Crippen LogP contribution in [0, 0.1) is 11.6 Å². The minimum atomic E-state index is -4.52. The van der Waals surface area contributed by atoms with Crippen LogP contribution in [0.3, 0.4) is 0 Å². The number of halogens is 2. The van der Waals surface area contributed by atoms with E-state index in [0.29, 0.717) is 6.07 Å². The predicted molar refractivity (Wildman–Crippen MR) is 45.3 cm³/mol. The standard InChI is InChI=1S/C7H8F2NO3P/c8-5-2-1-4(3-6(5)9)7(10)14(11,12)13/h1-3,7H,10H2,(H2,11,12,13). The maximum Gasteiger partial charge on any atom is 0.346 e. The molecule has 0 aliphatic heterocycles. The van der Waals surface area contributed by atoms with E-state index in [4.69, 9.17) is 15.5 Å². The molecule has 1 atom stereocenters. The van der Waals surface area contributed by atoms with Crippen LogP contribution in [-0.4, -0.2) is 9.79 Å². The average Bonchev–Trinajstić information content (AvgIpc) is 2.07. The van der Waals surface area contributed by atoms with Crippen molar-refractivity contribution in [2.24, 2.45) is 5.73 Å². The van der Waals surface area contributed by atoms with Crippen LogP contribution in [0.5, 0.6) is 0 Å². The van der Waals surface area contributed by atoms with Gasteiger partial charge in [0, 0.05) is 0 Å². The van der Waals surface area contributed by atoms with Crippen molar-refractivity contribution in [3.05, 3.63) is 35.4 Å². The normalized spacial score (nSPS) is 14.1. The number of hydrogen-bond donors (Lipinski definition) is 3. The molecule has 1 rings (SSSR count). The van der Waals surface area contributed by atoms with Crippen molar-refractivity contribution in [3.63, 3.8) is 0 Å². The van der Waals surface area contributed by atoms with Crippen LogP contribution >= 0.6 is 7.60 Å². The van der Waals surface area contributed by atoms with Gasteiger partial charge >= 0.3 is 7.60 Å². The third-order valence-electron chi connectivity index (χ3n) is 1.65. The Morgan fingerprint density at radius 1 is 1.29 bits per heavy atom. The van der Waals surface area contributed by atoms with Crippen LogP contribution in [0.2, 0.25) is 0 Å². The van der Waals surface area contributed by atoms with Crippen LogP contribution in [0.15, 0.2) is 18.2 Å². The summed E-state index contributed by atoms with van der Waals surface area (Å²) in [5.74, 6) is -3.91. The Bertz CT molecular complexity index is 393. The van der Waals surface area contributed by atoms with Crippen LogP contribution in [0.1, 0.15) is 11.3 Å². The van der Waals surface area contributed by atoms with Gasteiger partial charge in [-0.3, -0.25) is 4.57 Å². The van der Waals surface area contributed by atoms with Crippen LogP contribution in [-0.2, 0) is 4.57 Å². The van der Waals surface area contributed by atoms with E-state index < -0.39 is 25.0 Å². The summed E-state index contributed by atoms with van der Waals surface area (Å²) in [6.45, 7) is 0. The van der Waals surface area contributed by atoms with E-state index in [2.05, 4.69) is 0 Å². The van der Waals surface area contributed by atoms with Gasteiger partial charge in [-0.1, -0.05) is 6.07 Å². The van der Waals surface area contributed by atoms with Crippen LogP contribution in [0.25, 0.3) is 0 Å². The summed E-state index contributed by atoms with van der Waals surface area (Å²) in [7, 11) is -4.52. The van der Waals surface area contributed by atoms with Crippen molar-refractivity contribution < 1.29 is 23.1 Å². The Labute approximate surface area is 78.5 Å². The van der Waals surface area contributed by atoms with E-state index in [0.717, 1.165) is 12.1 Å². The monoisotopic (exact) mass is 223 g/mol. The third-order valence-corrected chi connectivity index (χ3v) is 2.67. The second-order valence-corrected chi connectivity index (χ2v) is 4.44. The molecule has 0 radical (unpaired) electrons. The first-order valence-corrected chi connectivity index (χ1v) is 5.26. The second-order valence-electron chi connectivity index (χ2n) is 2.71. The predicted octanol–water partition coefficient (Wildman–Crippen LogP) is 1.10. The van der Waals surface area contributed by atoms with Gasteiger partial charge in [0.05, 0.1) is 0 Å². The Hall–Kier alpha value is -0.810. The summed E-state index contributed by atoms with van der Waals surface area (Å²) in [4.78, 5) is 17.3. The number of rotatable bonds is 2. The topological polar surface area (TPSA) is 83.6 Å². The molecule has 0 aliphatic rings. The Kier molecular flexibility index (Phi) is 3.01. The van der Waals surface area contributed by atoms with Crippen LogP contribution in [0.4, 0.5) is 8.78 Å². The highest BCUT2D eigenvalue weighted by atomic mass is 31.2. The minimum Gasteiger partial charge on any atom is -0.323 e. The summed E-state index contributed by atoms with van der Waals surface area (Å²) in [6.07, 6.45) is 0. The molecule has 0 saturated carbocycles. The zero-order chi connectivity index (χ0) is 10.9. The largest absolute Gasteiger partial charge is 0.346 e. The van der Waals surface area contributed by atoms with Crippen LogP contribution < -0.4 is 5.73 Å². The molecule has 4 N–H and O–H groups in total. The van der Waals surface area contributed by atoms with E-state index >= 15 is 0 Å². The van der Waals surface area contributed by atoms with Gasteiger partial charge in [0.2, 0.25) is 0 Å². The maximum absolute atomic E-state index is 12.6. The first kappa shape index (κ1) is 11.3. The van der Waals surface area contributed by atoms with E-state index in [1.165, 1.54) is 0 Å². The molecule has 1 unspecified atom stereocenters. The molecule has 0 spiro atoms. The van der Waals surface area contributed by atoms with Gasteiger partial charge < -0.3 is 15.5 Å². The number of hydrogen-bond acceptors (Lipinski definition) is 2. The van der Waals surface area contributed by atoms with Gasteiger partial charge in [-0.15, -0.1) is 0 Å². The molecule has 4 nitrogen and oxygen atoms in total. The van der Waals surface area contributed by atoms with E-state index in [1.807, 2.05) is 0 Å². The fourth-order valence-corrected chi connectivity index (χ4v) is 1.44. The van der Waals surface area contributed by atoms with E-state index in [-0.39, 0.29) is 5.56 Å². The zero-order valence-corrected chi connectivity index (χ0v) is 7.79. The van der Waals surface area contributed by atoms with Crippen molar-refractivity contribution in [1.29, 1.82) is 0 Å². The van der Waals surface area contributed by atoms with Gasteiger partial charge in [0.1, 0.15) is 5.78 Å². The molecular formula is C7H8F2NO3P. The lowest BCUT2D eigenvalue weighted by Crippen LogP contribution is -2.11. The molecule has 0 aliphatic carbocycles. The highest BCUT2D eigenvalue weighted by Crippen LogP contribution is 2.48. The number of benzene rings is 1. The summed E-state index contributed by atoms with van der Waals surface area (Å²) in [6, 6.07) is 2.46. The highest BCUT2D eigenvalue weighted by Gasteiger charge is 2.26. The lowest BCUT2D eigenvalue weighted by atomic mass is 10.2. The molecule has 78 valence electrons. The molecule has 0 heterocycles. The molecule has 0 aromatic heterocycles. The van der Waals surface area contributed by atoms with Gasteiger partial charge in [-0.25, -0.2) is 8.78 Å². The van der Waals surface area contributed by atoms with Crippen molar-refractivity contribution in [2.75, 3.05) is 0 Å². The molecule has 0 fully saturated rings. The quantitative estimate of drug-likeness (QED) is 0.655. The lowest BCUT2D eigenvalue weighted by Gasteiger charge is -2.13. The SMILES string of the molecule is NC(c1ccc(F)c(F)c1)P(=O)(O)O. The van der Waals surface area contributed by atoms with E-state index in [1.54, 1.807) is 0 Å². The molecule has 1 aromatic carbocycles. The lowest BCUT2D eigenvalue weighted by molar-refractivity contribution is 0.359.